The summed E-state index contributed by atoms with van der Waals surface area (Å²) in [6.07, 6.45) is 1.93. The van der Waals surface area contributed by atoms with E-state index in [1.807, 2.05) is 0 Å². The maximum atomic E-state index is 11.3. The van der Waals surface area contributed by atoms with Crippen LogP contribution in [0.1, 0.15) is 27.3 Å². The molecular weight excluding hydrogens is 200 g/mol. The fourth-order valence-electron chi connectivity index (χ4n) is 1.04. The SMILES string of the molecule is NCCCOC(=O)c1[nH]ccc1C(=O)O. The topological polar surface area (TPSA) is 105 Å². The molecule has 0 aromatic carbocycles. The average Bonchev–Trinajstić information content (AvgIpc) is 2.66. The molecule has 0 aliphatic rings. The lowest BCUT2D eigenvalue weighted by atomic mass is 10.2. The summed E-state index contributed by atoms with van der Waals surface area (Å²) in [7, 11) is 0. The lowest BCUT2D eigenvalue weighted by Crippen LogP contribution is -2.13. The predicted octanol–water partition coefficient (Wildman–Crippen LogP) is 0.219. The first-order valence-electron chi connectivity index (χ1n) is 4.44. The fraction of sp³-hybridized carbons (Fsp3) is 0.333. The Balaban J connectivity index is 2.65. The minimum absolute atomic E-state index is 0.0421. The largest absolute Gasteiger partial charge is 0.478 e. The van der Waals surface area contributed by atoms with Gasteiger partial charge in [-0.1, -0.05) is 0 Å². The molecule has 0 radical (unpaired) electrons. The maximum Gasteiger partial charge on any atom is 0.355 e. The number of esters is 1. The summed E-state index contributed by atoms with van der Waals surface area (Å²) < 4.78 is 4.80. The quantitative estimate of drug-likeness (QED) is 0.478. The van der Waals surface area contributed by atoms with Crippen molar-refractivity contribution in [1.82, 2.24) is 4.98 Å². The number of carbonyl (C=O) groups is 2. The summed E-state index contributed by atoms with van der Waals surface area (Å²) in [5, 5.41) is 8.73. The highest BCUT2D eigenvalue weighted by Crippen LogP contribution is 2.08. The van der Waals surface area contributed by atoms with Gasteiger partial charge in [0.05, 0.1) is 12.2 Å². The van der Waals surface area contributed by atoms with Gasteiger partial charge < -0.3 is 20.6 Å². The summed E-state index contributed by atoms with van der Waals surface area (Å²) in [4.78, 5) is 24.5. The number of nitrogens with one attached hydrogen (secondary N) is 1. The van der Waals surface area contributed by atoms with Crippen molar-refractivity contribution in [2.75, 3.05) is 13.2 Å². The second kappa shape index (κ2) is 5.16. The highest BCUT2D eigenvalue weighted by atomic mass is 16.5. The molecule has 0 aliphatic carbocycles. The molecule has 6 heteroatoms. The van der Waals surface area contributed by atoms with Crippen molar-refractivity contribution < 1.29 is 19.4 Å². The summed E-state index contributed by atoms with van der Waals surface area (Å²) in [5.41, 5.74) is 5.09. The molecule has 0 saturated carbocycles. The van der Waals surface area contributed by atoms with Crippen molar-refractivity contribution in [2.45, 2.75) is 6.42 Å². The Labute approximate surface area is 86.0 Å². The van der Waals surface area contributed by atoms with Crippen LogP contribution < -0.4 is 5.73 Å². The Hall–Kier alpha value is -1.82. The van der Waals surface area contributed by atoms with E-state index >= 15 is 0 Å². The van der Waals surface area contributed by atoms with Crippen LogP contribution in [0.25, 0.3) is 0 Å². The minimum Gasteiger partial charge on any atom is -0.478 e. The smallest absolute Gasteiger partial charge is 0.355 e. The van der Waals surface area contributed by atoms with Gasteiger partial charge in [0.25, 0.3) is 0 Å². The van der Waals surface area contributed by atoms with Gasteiger partial charge in [0, 0.05) is 6.20 Å². The van der Waals surface area contributed by atoms with Crippen molar-refractivity contribution >= 4 is 11.9 Å². The molecule has 1 aromatic rings. The number of aromatic carboxylic acids is 1. The Morgan fingerprint density at radius 3 is 2.87 bits per heavy atom. The molecule has 6 nitrogen and oxygen atoms in total. The van der Waals surface area contributed by atoms with Crippen molar-refractivity contribution in [3.63, 3.8) is 0 Å². The molecule has 15 heavy (non-hydrogen) atoms. The van der Waals surface area contributed by atoms with Gasteiger partial charge in [0.2, 0.25) is 0 Å². The molecule has 82 valence electrons. The Morgan fingerprint density at radius 2 is 2.27 bits per heavy atom. The first-order chi connectivity index (χ1) is 7.16. The number of ether oxygens (including phenoxy) is 1. The second-order valence-corrected chi connectivity index (χ2v) is 2.85. The van der Waals surface area contributed by atoms with Crippen LogP contribution in [0.5, 0.6) is 0 Å². The number of aromatic amines is 1. The lowest BCUT2D eigenvalue weighted by molar-refractivity contribution is 0.0486. The molecule has 0 aliphatic heterocycles. The van der Waals surface area contributed by atoms with E-state index in [4.69, 9.17) is 15.6 Å². The molecule has 0 spiro atoms. The number of hydrogen-bond donors (Lipinski definition) is 3. The van der Waals surface area contributed by atoms with Gasteiger partial charge in [-0.25, -0.2) is 9.59 Å². The number of rotatable bonds is 5. The molecule has 0 unspecified atom stereocenters. The van der Waals surface area contributed by atoms with Crippen LogP contribution in [0.4, 0.5) is 0 Å². The zero-order valence-corrected chi connectivity index (χ0v) is 8.03. The molecule has 0 amide bonds. The van der Waals surface area contributed by atoms with Gasteiger partial charge in [-0.3, -0.25) is 0 Å². The molecule has 1 rings (SSSR count). The van der Waals surface area contributed by atoms with Gasteiger partial charge in [0.1, 0.15) is 5.69 Å². The Bertz CT molecular complexity index is 359. The van der Waals surface area contributed by atoms with Crippen molar-refractivity contribution in [2.24, 2.45) is 5.73 Å². The van der Waals surface area contributed by atoms with Crippen LogP contribution in [-0.4, -0.2) is 35.2 Å². The third-order valence-electron chi connectivity index (χ3n) is 1.76. The maximum absolute atomic E-state index is 11.3. The molecule has 4 N–H and O–H groups in total. The van der Waals surface area contributed by atoms with E-state index in [0.29, 0.717) is 13.0 Å². The van der Waals surface area contributed by atoms with Gasteiger partial charge >= 0.3 is 11.9 Å². The third-order valence-corrected chi connectivity index (χ3v) is 1.76. The van der Waals surface area contributed by atoms with Crippen molar-refractivity contribution in [1.29, 1.82) is 0 Å². The monoisotopic (exact) mass is 212 g/mol. The summed E-state index contributed by atoms with van der Waals surface area (Å²) >= 11 is 0. The number of carboxylic acid groups (broad SMARTS) is 1. The van der Waals surface area contributed by atoms with Gasteiger partial charge in [0.15, 0.2) is 0 Å². The Morgan fingerprint density at radius 1 is 1.53 bits per heavy atom. The van der Waals surface area contributed by atoms with E-state index in [-0.39, 0.29) is 17.9 Å². The van der Waals surface area contributed by atoms with Crippen molar-refractivity contribution in [3.05, 3.63) is 23.5 Å². The lowest BCUT2D eigenvalue weighted by Gasteiger charge is -2.02. The van der Waals surface area contributed by atoms with Gasteiger partial charge in [-0.2, -0.15) is 0 Å². The average molecular weight is 212 g/mol. The van der Waals surface area contributed by atoms with E-state index in [1.165, 1.54) is 12.3 Å². The Kier molecular flexibility index (Phi) is 3.87. The molecular formula is C9H12N2O4. The summed E-state index contributed by atoms with van der Waals surface area (Å²) in [6, 6.07) is 1.31. The normalized spacial score (nSPS) is 9.93. The summed E-state index contributed by atoms with van der Waals surface area (Å²) in [5.74, 6) is -1.84. The minimum atomic E-state index is -1.16. The first kappa shape index (κ1) is 11.3. The third kappa shape index (κ3) is 2.81. The molecule has 0 bridgehead atoms. The van der Waals surface area contributed by atoms with Gasteiger partial charge in [-0.05, 0) is 19.0 Å². The molecule has 1 heterocycles. The fourth-order valence-corrected chi connectivity index (χ4v) is 1.04. The highest BCUT2D eigenvalue weighted by Gasteiger charge is 2.18. The van der Waals surface area contributed by atoms with Crippen LogP contribution in [0.3, 0.4) is 0 Å². The van der Waals surface area contributed by atoms with E-state index in [0.717, 1.165) is 0 Å². The number of carbonyl (C=O) groups excluding carboxylic acids is 1. The number of H-pyrrole nitrogens is 1. The van der Waals surface area contributed by atoms with E-state index in [9.17, 15) is 9.59 Å². The molecule has 1 aromatic heterocycles. The zero-order chi connectivity index (χ0) is 11.3. The number of nitrogens with two attached hydrogens (primary N) is 1. The molecule has 0 saturated heterocycles. The van der Waals surface area contributed by atoms with Crippen LogP contribution in [0.15, 0.2) is 12.3 Å². The van der Waals surface area contributed by atoms with Crippen LogP contribution in [0, 0.1) is 0 Å². The molecule has 0 fully saturated rings. The van der Waals surface area contributed by atoms with Crippen LogP contribution in [-0.2, 0) is 4.74 Å². The van der Waals surface area contributed by atoms with E-state index in [1.54, 1.807) is 0 Å². The van der Waals surface area contributed by atoms with Crippen LogP contribution >= 0.6 is 0 Å². The predicted molar refractivity (Wildman–Crippen MR) is 51.7 cm³/mol. The number of aromatic nitrogens is 1. The second-order valence-electron chi connectivity index (χ2n) is 2.85. The molecule has 0 atom stereocenters. The van der Waals surface area contributed by atoms with E-state index in [2.05, 4.69) is 4.98 Å². The standard InChI is InChI=1S/C9H12N2O4/c10-3-1-5-15-9(14)7-6(8(12)13)2-4-11-7/h2,4,11H,1,3,5,10H2,(H,12,13). The van der Waals surface area contributed by atoms with Gasteiger partial charge in [-0.15, -0.1) is 0 Å². The summed E-state index contributed by atoms with van der Waals surface area (Å²) in [6.45, 7) is 0.608. The number of carboxylic acids is 1. The number of hydrogen-bond acceptors (Lipinski definition) is 4. The van der Waals surface area contributed by atoms with Crippen LogP contribution in [0.2, 0.25) is 0 Å². The zero-order valence-electron chi connectivity index (χ0n) is 8.03. The first-order valence-corrected chi connectivity index (χ1v) is 4.44. The van der Waals surface area contributed by atoms with E-state index < -0.39 is 11.9 Å². The highest BCUT2D eigenvalue weighted by molar-refractivity contribution is 6.01. The van der Waals surface area contributed by atoms with Crippen molar-refractivity contribution in [3.8, 4) is 0 Å².